The molecule has 2 heterocycles. The van der Waals surface area contributed by atoms with Crippen molar-refractivity contribution >= 4 is 17.5 Å². The Bertz CT molecular complexity index is 1020. The molecule has 0 unspecified atom stereocenters. The lowest BCUT2D eigenvalue weighted by molar-refractivity contribution is 0.0816. The zero-order valence-electron chi connectivity index (χ0n) is 17.6. The number of nitrogens with zero attached hydrogens (tertiary/aromatic N) is 3. The molecule has 1 N–H and O–H groups in total. The Morgan fingerprint density at radius 3 is 2.50 bits per heavy atom. The number of carbonyl (C=O) groups is 2. The fourth-order valence-electron chi connectivity index (χ4n) is 2.89. The molecule has 0 radical (unpaired) electrons. The Kier molecular flexibility index (Phi) is 6.56. The van der Waals surface area contributed by atoms with Gasteiger partial charge in [-0.25, -0.2) is 0 Å². The topological polar surface area (TPSA) is 89.6 Å². The Balaban J connectivity index is 1.66. The summed E-state index contributed by atoms with van der Waals surface area (Å²) in [5.41, 5.74) is 1.89. The number of rotatable bonds is 8. The average Bonchev–Trinajstić information content (AvgIpc) is 3.39. The zero-order valence-corrected chi connectivity index (χ0v) is 17.6. The van der Waals surface area contributed by atoms with Gasteiger partial charge < -0.3 is 19.4 Å². The highest BCUT2D eigenvalue weighted by atomic mass is 16.5. The van der Waals surface area contributed by atoms with E-state index < -0.39 is 5.91 Å². The Morgan fingerprint density at radius 1 is 1.13 bits per heavy atom. The van der Waals surface area contributed by atoms with Gasteiger partial charge in [0, 0.05) is 20.6 Å². The summed E-state index contributed by atoms with van der Waals surface area (Å²) in [5, 5.41) is 6.88. The molecule has 0 spiro atoms. The van der Waals surface area contributed by atoms with Crippen molar-refractivity contribution in [2.24, 2.45) is 0 Å². The summed E-state index contributed by atoms with van der Waals surface area (Å²) in [6.07, 6.45) is 2.43. The molecule has 158 valence electrons. The van der Waals surface area contributed by atoms with Crippen LogP contribution in [0.4, 0.5) is 5.69 Å². The van der Waals surface area contributed by atoms with Crippen LogP contribution in [0.15, 0.2) is 47.0 Å². The van der Waals surface area contributed by atoms with E-state index >= 15 is 0 Å². The van der Waals surface area contributed by atoms with Crippen LogP contribution >= 0.6 is 0 Å². The average molecular weight is 410 g/mol. The predicted molar refractivity (Wildman–Crippen MR) is 113 cm³/mol. The van der Waals surface area contributed by atoms with Gasteiger partial charge in [0.25, 0.3) is 11.8 Å². The highest BCUT2D eigenvalue weighted by Gasteiger charge is 2.22. The Hall–Kier alpha value is -3.55. The maximum absolute atomic E-state index is 12.6. The summed E-state index contributed by atoms with van der Waals surface area (Å²) in [7, 11) is 3.30. The van der Waals surface area contributed by atoms with Crippen LogP contribution in [0, 0.1) is 0 Å². The van der Waals surface area contributed by atoms with Crippen molar-refractivity contribution in [2.75, 3.05) is 19.4 Å². The van der Waals surface area contributed by atoms with Gasteiger partial charge in [0.05, 0.1) is 11.9 Å². The van der Waals surface area contributed by atoms with Crippen molar-refractivity contribution in [1.29, 1.82) is 0 Å². The first-order chi connectivity index (χ1) is 14.4. The molecule has 0 aliphatic carbocycles. The van der Waals surface area contributed by atoms with Crippen LogP contribution in [0.5, 0.6) is 5.75 Å². The Morgan fingerprint density at radius 2 is 1.87 bits per heavy atom. The summed E-state index contributed by atoms with van der Waals surface area (Å²) in [4.78, 5) is 26.5. The Labute approximate surface area is 175 Å². The first-order valence-corrected chi connectivity index (χ1v) is 9.82. The summed E-state index contributed by atoms with van der Waals surface area (Å²) >= 11 is 0. The minimum absolute atomic E-state index is 0.127. The number of aromatic nitrogens is 2. The number of carbonyl (C=O) groups excluding carboxylic acids is 2. The van der Waals surface area contributed by atoms with Crippen molar-refractivity contribution in [3.63, 3.8) is 0 Å². The number of hydrogen-bond acceptors (Lipinski definition) is 5. The zero-order chi connectivity index (χ0) is 21.7. The second-order valence-electron chi connectivity index (χ2n) is 6.93. The van der Waals surface area contributed by atoms with E-state index in [1.165, 1.54) is 16.7 Å². The quantitative estimate of drug-likeness (QED) is 0.613. The number of ether oxygens (including phenoxy) is 1. The van der Waals surface area contributed by atoms with Crippen molar-refractivity contribution < 1.29 is 18.7 Å². The monoisotopic (exact) mass is 410 g/mol. The molecule has 0 saturated carbocycles. The largest absolute Gasteiger partial charge is 0.486 e. The third kappa shape index (κ3) is 4.71. The van der Waals surface area contributed by atoms with Crippen LogP contribution < -0.4 is 10.1 Å². The molecule has 8 nitrogen and oxygen atoms in total. The van der Waals surface area contributed by atoms with E-state index in [1.807, 2.05) is 31.2 Å². The van der Waals surface area contributed by atoms with Crippen molar-refractivity contribution in [3.8, 4) is 5.75 Å². The molecule has 2 amide bonds. The van der Waals surface area contributed by atoms with Crippen LogP contribution in [-0.4, -0.2) is 40.6 Å². The highest BCUT2D eigenvalue weighted by molar-refractivity contribution is 6.07. The summed E-state index contributed by atoms with van der Waals surface area (Å²) < 4.78 is 12.9. The van der Waals surface area contributed by atoms with Gasteiger partial charge in [-0.15, -0.1) is 0 Å². The molecule has 3 aromatic rings. The van der Waals surface area contributed by atoms with Gasteiger partial charge >= 0.3 is 0 Å². The second kappa shape index (κ2) is 9.30. The molecular formula is C22H26N4O4. The van der Waals surface area contributed by atoms with Gasteiger partial charge in [0.15, 0.2) is 5.76 Å². The van der Waals surface area contributed by atoms with E-state index in [-0.39, 0.29) is 18.3 Å². The number of nitrogens with one attached hydrogen (secondary N) is 1. The number of hydrogen-bond donors (Lipinski definition) is 1. The first kappa shape index (κ1) is 21.2. The van der Waals surface area contributed by atoms with Crippen LogP contribution in [0.25, 0.3) is 0 Å². The minimum atomic E-state index is -0.461. The van der Waals surface area contributed by atoms with Gasteiger partial charge in [-0.2, -0.15) is 5.10 Å². The summed E-state index contributed by atoms with van der Waals surface area (Å²) in [6, 6.07) is 11.1. The van der Waals surface area contributed by atoms with Crippen LogP contribution in [0.2, 0.25) is 0 Å². The summed E-state index contributed by atoms with van der Waals surface area (Å²) in [6.45, 7) is 4.68. The lowest BCUT2D eigenvalue weighted by Gasteiger charge is -2.13. The smallest absolute Gasteiger partial charge is 0.291 e. The number of aryl methyl sites for hydroxylation is 2. The number of furan rings is 1. The fraction of sp³-hybridized carbons (Fsp3) is 0.318. The van der Waals surface area contributed by atoms with Gasteiger partial charge in [-0.1, -0.05) is 19.1 Å². The standard InChI is InChI=1S/C22H26N4O4/c1-5-15-7-9-16(10-8-15)29-14-17-11-12-19(30-17)21(27)24-18-13-23-26(6-2)20(18)22(28)25(3)4/h7-13H,5-6,14H2,1-4H3,(H,24,27). The number of anilines is 1. The maximum atomic E-state index is 12.6. The van der Waals surface area contributed by atoms with Gasteiger partial charge in [0.1, 0.15) is 23.8 Å². The molecule has 30 heavy (non-hydrogen) atoms. The van der Waals surface area contributed by atoms with Crippen molar-refractivity contribution in [3.05, 3.63) is 65.4 Å². The van der Waals surface area contributed by atoms with E-state index in [1.54, 1.807) is 30.9 Å². The second-order valence-corrected chi connectivity index (χ2v) is 6.93. The van der Waals surface area contributed by atoms with E-state index in [9.17, 15) is 9.59 Å². The predicted octanol–water partition coefficient (Wildman–Crippen LogP) is 3.59. The highest BCUT2D eigenvalue weighted by Crippen LogP contribution is 2.20. The molecule has 0 aliphatic heterocycles. The SMILES string of the molecule is CCc1ccc(OCc2ccc(C(=O)Nc3cnn(CC)c3C(=O)N(C)C)o2)cc1. The number of amides is 2. The summed E-state index contributed by atoms with van der Waals surface area (Å²) in [5.74, 6) is 0.675. The lowest BCUT2D eigenvalue weighted by atomic mass is 10.2. The third-order valence-electron chi connectivity index (χ3n) is 4.59. The molecule has 0 saturated heterocycles. The molecule has 1 aromatic carbocycles. The first-order valence-electron chi connectivity index (χ1n) is 9.82. The minimum Gasteiger partial charge on any atom is -0.486 e. The van der Waals surface area contributed by atoms with E-state index in [2.05, 4.69) is 17.3 Å². The van der Waals surface area contributed by atoms with Crippen LogP contribution in [0.3, 0.4) is 0 Å². The maximum Gasteiger partial charge on any atom is 0.291 e. The molecular weight excluding hydrogens is 384 g/mol. The van der Waals surface area contributed by atoms with E-state index in [0.717, 1.165) is 12.2 Å². The molecule has 0 bridgehead atoms. The number of benzene rings is 1. The van der Waals surface area contributed by atoms with Crippen molar-refractivity contribution in [1.82, 2.24) is 14.7 Å². The molecule has 0 atom stereocenters. The molecule has 8 heteroatoms. The van der Waals surface area contributed by atoms with Gasteiger partial charge in [-0.3, -0.25) is 14.3 Å². The lowest BCUT2D eigenvalue weighted by Crippen LogP contribution is -2.26. The molecule has 0 aliphatic rings. The third-order valence-corrected chi connectivity index (χ3v) is 4.59. The normalized spacial score (nSPS) is 10.7. The van der Waals surface area contributed by atoms with Crippen LogP contribution in [0.1, 0.15) is 46.2 Å². The van der Waals surface area contributed by atoms with Crippen molar-refractivity contribution in [2.45, 2.75) is 33.4 Å². The molecule has 0 fully saturated rings. The van der Waals surface area contributed by atoms with Gasteiger partial charge in [-0.05, 0) is 43.2 Å². The van der Waals surface area contributed by atoms with E-state index in [4.69, 9.17) is 9.15 Å². The molecule has 3 rings (SSSR count). The fourth-order valence-corrected chi connectivity index (χ4v) is 2.89. The molecule has 2 aromatic heterocycles. The van der Waals surface area contributed by atoms with E-state index in [0.29, 0.717) is 23.7 Å². The van der Waals surface area contributed by atoms with Gasteiger partial charge in [0.2, 0.25) is 0 Å². The van der Waals surface area contributed by atoms with Crippen LogP contribution in [-0.2, 0) is 19.6 Å².